The average molecular weight is 260 g/mol. The lowest BCUT2D eigenvalue weighted by atomic mass is 10.1. The fraction of sp³-hybridized carbons (Fsp3) is 0.0625. The quantitative estimate of drug-likeness (QED) is 0.570. The number of H-pyrrole nitrogens is 1. The highest BCUT2D eigenvalue weighted by molar-refractivity contribution is 5.94. The van der Waals surface area contributed by atoms with Crippen molar-refractivity contribution in [3.8, 4) is 11.4 Å². The van der Waals surface area contributed by atoms with E-state index in [9.17, 15) is 0 Å². The van der Waals surface area contributed by atoms with Crippen LogP contribution in [0.1, 0.15) is 5.69 Å². The van der Waals surface area contributed by atoms with Gasteiger partial charge in [0.1, 0.15) is 5.82 Å². The Balaban J connectivity index is 2.06. The van der Waals surface area contributed by atoms with Gasteiger partial charge in [0.05, 0.1) is 11.0 Å². The molecule has 4 rings (SSSR count). The summed E-state index contributed by atoms with van der Waals surface area (Å²) in [4.78, 5) is 16.7. The molecule has 0 unspecified atom stereocenters. The highest BCUT2D eigenvalue weighted by atomic mass is 15.0. The van der Waals surface area contributed by atoms with Crippen molar-refractivity contribution < 1.29 is 0 Å². The van der Waals surface area contributed by atoms with Crippen molar-refractivity contribution in [3.63, 3.8) is 0 Å². The third kappa shape index (κ3) is 1.66. The molecule has 3 heterocycles. The summed E-state index contributed by atoms with van der Waals surface area (Å²) in [6.45, 7) is 2.00. The molecule has 0 atom stereocenters. The van der Waals surface area contributed by atoms with E-state index in [2.05, 4.69) is 32.1 Å². The predicted octanol–water partition coefficient (Wildman–Crippen LogP) is 3.48. The fourth-order valence-corrected chi connectivity index (χ4v) is 2.48. The van der Waals surface area contributed by atoms with Gasteiger partial charge in [-0.2, -0.15) is 0 Å². The first-order chi connectivity index (χ1) is 9.81. The van der Waals surface area contributed by atoms with Crippen molar-refractivity contribution in [1.29, 1.82) is 0 Å². The van der Waals surface area contributed by atoms with Crippen LogP contribution in [0, 0.1) is 6.92 Å². The number of benzene rings is 1. The van der Waals surface area contributed by atoms with E-state index in [1.54, 1.807) is 6.20 Å². The number of hydrogen-bond donors (Lipinski definition) is 1. The monoisotopic (exact) mass is 260 g/mol. The third-order valence-electron chi connectivity index (χ3n) is 3.36. The number of aromatic nitrogens is 4. The number of pyridine rings is 2. The summed E-state index contributed by atoms with van der Waals surface area (Å²) in [6, 6.07) is 14.0. The van der Waals surface area contributed by atoms with Crippen molar-refractivity contribution in [2.24, 2.45) is 0 Å². The normalized spacial score (nSPS) is 11.2. The Kier molecular flexibility index (Phi) is 2.29. The van der Waals surface area contributed by atoms with Gasteiger partial charge in [0.2, 0.25) is 0 Å². The average Bonchev–Trinajstić information content (AvgIpc) is 2.90. The molecule has 4 heteroatoms. The maximum atomic E-state index is 4.58. The largest absolute Gasteiger partial charge is 0.337 e. The highest BCUT2D eigenvalue weighted by Gasteiger charge is 2.10. The molecule has 3 aromatic heterocycles. The molecule has 1 aromatic carbocycles. The van der Waals surface area contributed by atoms with E-state index in [-0.39, 0.29) is 0 Å². The van der Waals surface area contributed by atoms with E-state index in [0.29, 0.717) is 0 Å². The second kappa shape index (κ2) is 4.13. The molecule has 96 valence electrons. The molecule has 0 aliphatic rings. The van der Waals surface area contributed by atoms with Crippen LogP contribution in [0.15, 0.2) is 48.7 Å². The van der Waals surface area contributed by atoms with Gasteiger partial charge in [0, 0.05) is 22.8 Å². The molecule has 0 fully saturated rings. The Labute approximate surface area is 115 Å². The molecule has 0 saturated heterocycles. The number of para-hydroxylation sites is 1. The summed E-state index contributed by atoms with van der Waals surface area (Å²) in [5.74, 6) is 0.834. The summed E-state index contributed by atoms with van der Waals surface area (Å²) in [6.07, 6.45) is 1.75. The van der Waals surface area contributed by atoms with Crippen LogP contribution < -0.4 is 0 Å². The molecule has 0 bridgehead atoms. The lowest BCUT2D eigenvalue weighted by Crippen LogP contribution is -1.89. The van der Waals surface area contributed by atoms with Gasteiger partial charge in [-0.25, -0.2) is 9.97 Å². The van der Waals surface area contributed by atoms with Crippen LogP contribution in [0.25, 0.3) is 33.5 Å². The molecule has 0 radical (unpaired) electrons. The lowest BCUT2D eigenvalue weighted by Gasteiger charge is -2.05. The molecule has 20 heavy (non-hydrogen) atoms. The molecule has 0 amide bonds. The van der Waals surface area contributed by atoms with E-state index in [4.69, 9.17) is 0 Å². The predicted molar refractivity (Wildman–Crippen MR) is 79.4 cm³/mol. The van der Waals surface area contributed by atoms with E-state index in [1.165, 1.54) is 0 Å². The van der Waals surface area contributed by atoms with Crippen LogP contribution in [0.2, 0.25) is 0 Å². The number of hydrogen-bond acceptors (Lipinski definition) is 3. The molecule has 4 nitrogen and oxygen atoms in total. The smallest absolute Gasteiger partial charge is 0.178 e. The summed E-state index contributed by atoms with van der Waals surface area (Å²) >= 11 is 0. The summed E-state index contributed by atoms with van der Waals surface area (Å²) in [7, 11) is 0. The summed E-state index contributed by atoms with van der Waals surface area (Å²) in [5.41, 5.74) is 4.70. The first-order valence-corrected chi connectivity index (χ1v) is 6.49. The van der Waals surface area contributed by atoms with E-state index >= 15 is 0 Å². The Bertz CT molecular complexity index is 891. The number of aryl methyl sites for hydroxylation is 1. The second-order valence-electron chi connectivity index (χ2n) is 4.79. The summed E-state index contributed by atoms with van der Waals surface area (Å²) < 4.78 is 0. The molecule has 0 aliphatic heterocycles. The zero-order chi connectivity index (χ0) is 13.5. The van der Waals surface area contributed by atoms with Gasteiger partial charge in [-0.1, -0.05) is 18.2 Å². The van der Waals surface area contributed by atoms with E-state index in [0.717, 1.165) is 39.1 Å². The number of imidazole rings is 1. The Morgan fingerprint density at radius 1 is 1.00 bits per heavy atom. The van der Waals surface area contributed by atoms with Gasteiger partial charge in [-0.3, -0.25) is 4.98 Å². The minimum atomic E-state index is 0.737. The second-order valence-corrected chi connectivity index (χ2v) is 4.79. The zero-order valence-corrected chi connectivity index (χ0v) is 11.0. The standard InChI is InChI=1S/C16H12N4/c1-10-9-12(11-5-2-3-6-13(11)18-10)15-19-14-7-4-8-17-16(14)20-15/h2-9H,1H3,(H,17,19,20). The first-order valence-electron chi connectivity index (χ1n) is 6.49. The third-order valence-corrected chi connectivity index (χ3v) is 3.36. The minimum Gasteiger partial charge on any atom is -0.337 e. The van der Waals surface area contributed by atoms with Crippen molar-refractivity contribution in [2.45, 2.75) is 6.92 Å². The highest BCUT2D eigenvalue weighted by Crippen LogP contribution is 2.27. The van der Waals surface area contributed by atoms with Crippen LogP contribution in [-0.4, -0.2) is 19.9 Å². The van der Waals surface area contributed by atoms with Crippen LogP contribution in [0.3, 0.4) is 0 Å². The number of fused-ring (bicyclic) bond motifs is 2. The van der Waals surface area contributed by atoms with Crippen LogP contribution >= 0.6 is 0 Å². The van der Waals surface area contributed by atoms with E-state index in [1.807, 2.05) is 37.3 Å². The minimum absolute atomic E-state index is 0.737. The van der Waals surface area contributed by atoms with Gasteiger partial charge < -0.3 is 4.98 Å². The van der Waals surface area contributed by atoms with Crippen molar-refractivity contribution in [1.82, 2.24) is 19.9 Å². The Morgan fingerprint density at radius 2 is 1.90 bits per heavy atom. The molecular formula is C16H12N4. The maximum Gasteiger partial charge on any atom is 0.178 e. The summed E-state index contributed by atoms with van der Waals surface area (Å²) in [5, 5.41) is 1.09. The van der Waals surface area contributed by atoms with E-state index < -0.39 is 0 Å². The van der Waals surface area contributed by atoms with Gasteiger partial charge in [-0.15, -0.1) is 0 Å². The van der Waals surface area contributed by atoms with Crippen LogP contribution in [0.4, 0.5) is 0 Å². The number of nitrogens with one attached hydrogen (secondary N) is 1. The van der Waals surface area contributed by atoms with Crippen LogP contribution in [-0.2, 0) is 0 Å². The van der Waals surface area contributed by atoms with Gasteiger partial charge >= 0.3 is 0 Å². The zero-order valence-electron chi connectivity index (χ0n) is 11.0. The number of rotatable bonds is 1. The Hall–Kier alpha value is -2.75. The maximum absolute atomic E-state index is 4.58. The van der Waals surface area contributed by atoms with Crippen molar-refractivity contribution >= 4 is 22.1 Å². The first kappa shape index (κ1) is 11.1. The Morgan fingerprint density at radius 3 is 2.80 bits per heavy atom. The molecule has 0 saturated carbocycles. The van der Waals surface area contributed by atoms with Gasteiger partial charge in [0.25, 0.3) is 0 Å². The molecule has 4 aromatic rings. The van der Waals surface area contributed by atoms with Crippen LogP contribution in [0.5, 0.6) is 0 Å². The molecular weight excluding hydrogens is 248 g/mol. The van der Waals surface area contributed by atoms with Gasteiger partial charge in [-0.05, 0) is 31.2 Å². The molecule has 0 spiro atoms. The SMILES string of the molecule is Cc1cc(-c2nc3ncccc3[nH]2)c2ccccc2n1. The van der Waals surface area contributed by atoms with Gasteiger partial charge in [0.15, 0.2) is 5.65 Å². The molecule has 1 N–H and O–H groups in total. The fourth-order valence-electron chi connectivity index (χ4n) is 2.48. The lowest BCUT2D eigenvalue weighted by molar-refractivity contribution is 1.24. The number of nitrogens with zero attached hydrogens (tertiary/aromatic N) is 3. The molecule has 0 aliphatic carbocycles. The topological polar surface area (TPSA) is 54.5 Å². The van der Waals surface area contributed by atoms with Crippen molar-refractivity contribution in [3.05, 3.63) is 54.4 Å². The number of aromatic amines is 1. The van der Waals surface area contributed by atoms with Crippen molar-refractivity contribution in [2.75, 3.05) is 0 Å².